The minimum absolute atomic E-state index is 0.392. The molecule has 1 aliphatic heterocycles. The van der Waals surface area contributed by atoms with Crippen LogP contribution >= 0.6 is 0 Å². The molecule has 6 unspecified atom stereocenters. The standard InChI is InChI=1S/C15H31NO/c1-7-9-10(3)15(16-8-2)14-11(4)12(5)17-13(14)6/h10-16H,7-9H2,1-6H3. The molecule has 1 heterocycles. The van der Waals surface area contributed by atoms with Gasteiger partial charge in [-0.15, -0.1) is 0 Å². The van der Waals surface area contributed by atoms with E-state index in [0.29, 0.717) is 30.1 Å². The molecule has 2 heteroatoms. The highest BCUT2D eigenvalue weighted by Gasteiger charge is 2.42. The minimum Gasteiger partial charge on any atom is -0.375 e. The third-order valence-electron chi connectivity index (χ3n) is 4.53. The van der Waals surface area contributed by atoms with Crippen LogP contribution in [0, 0.1) is 17.8 Å². The average Bonchev–Trinajstić information content (AvgIpc) is 2.51. The van der Waals surface area contributed by atoms with Gasteiger partial charge in [-0.05, 0) is 38.6 Å². The summed E-state index contributed by atoms with van der Waals surface area (Å²) in [6.07, 6.45) is 3.38. The number of hydrogen-bond acceptors (Lipinski definition) is 2. The summed E-state index contributed by atoms with van der Waals surface area (Å²) in [5, 5.41) is 3.71. The summed E-state index contributed by atoms with van der Waals surface area (Å²) >= 11 is 0. The van der Waals surface area contributed by atoms with Crippen LogP contribution in [0.4, 0.5) is 0 Å². The molecule has 102 valence electrons. The van der Waals surface area contributed by atoms with Crippen molar-refractivity contribution < 1.29 is 4.74 Å². The van der Waals surface area contributed by atoms with Gasteiger partial charge in [0, 0.05) is 12.0 Å². The highest BCUT2D eigenvalue weighted by Crippen LogP contribution is 2.37. The zero-order valence-electron chi connectivity index (χ0n) is 12.5. The van der Waals surface area contributed by atoms with Crippen LogP contribution in [-0.4, -0.2) is 24.8 Å². The van der Waals surface area contributed by atoms with Crippen LogP contribution in [0.2, 0.25) is 0 Å². The van der Waals surface area contributed by atoms with E-state index in [1.165, 1.54) is 12.8 Å². The van der Waals surface area contributed by atoms with Gasteiger partial charge in [-0.1, -0.05) is 34.1 Å². The first-order valence-corrected chi connectivity index (χ1v) is 7.41. The normalized spacial score (nSPS) is 37.1. The summed E-state index contributed by atoms with van der Waals surface area (Å²) in [4.78, 5) is 0. The topological polar surface area (TPSA) is 21.3 Å². The van der Waals surface area contributed by atoms with Crippen molar-refractivity contribution in [3.05, 3.63) is 0 Å². The monoisotopic (exact) mass is 241 g/mol. The van der Waals surface area contributed by atoms with Gasteiger partial charge >= 0.3 is 0 Å². The zero-order chi connectivity index (χ0) is 13.0. The van der Waals surface area contributed by atoms with Gasteiger partial charge in [-0.3, -0.25) is 0 Å². The van der Waals surface area contributed by atoms with Crippen molar-refractivity contribution in [3.63, 3.8) is 0 Å². The third-order valence-corrected chi connectivity index (χ3v) is 4.53. The summed E-state index contributed by atoms with van der Waals surface area (Å²) in [5.74, 6) is 2.06. The Balaban J connectivity index is 2.75. The summed E-state index contributed by atoms with van der Waals surface area (Å²) in [7, 11) is 0. The molecule has 2 nitrogen and oxygen atoms in total. The fraction of sp³-hybridized carbons (Fsp3) is 1.00. The molecular weight excluding hydrogens is 210 g/mol. The van der Waals surface area contributed by atoms with Crippen LogP contribution in [0.1, 0.15) is 54.4 Å². The van der Waals surface area contributed by atoms with Crippen LogP contribution in [0.25, 0.3) is 0 Å². The van der Waals surface area contributed by atoms with E-state index >= 15 is 0 Å². The van der Waals surface area contributed by atoms with Crippen molar-refractivity contribution in [3.8, 4) is 0 Å². The molecule has 1 fully saturated rings. The van der Waals surface area contributed by atoms with Crippen molar-refractivity contribution in [2.75, 3.05) is 6.54 Å². The molecule has 0 aromatic carbocycles. The largest absolute Gasteiger partial charge is 0.375 e. The first-order chi connectivity index (χ1) is 8.02. The maximum Gasteiger partial charge on any atom is 0.0597 e. The smallest absolute Gasteiger partial charge is 0.0597 e. The Labute approximate surface area is 108 Å². The summed E-state index contributed by atoms with van der Waals surface area (Å²) in [5.41, 5.74) is 0. The predicted octanol–water partition coefficient (Wildman–Crippen LogP) is 3.46. The van der Waals surface area contributed by atoms with E-state index in [2.05, 4.69) is 46.9 Å². The van der Waals surface area contributed by atoms with Gasteiger partial charge in [0.05, 0.1) is 12.2 Å². The van der Waals surface area contributed by atoms with Gasteiger partial charge in [0.1, 0.15) is 0 Å². The Kier molecular flexibility index (Phi) is 5.94. The molecule has 0 aromatic heterocycles. The van der Waals surface area contributed by atoms with E-state index in [0.717, 1.165) is 12.5 Å². The second-order valence-corrected chi connectivity index (χ2v) is 5.83. The summed E-state index contributed by atoms with van der Waals surface area (Å²) in [6.45, 7) is 14.7. The number of ether oxygens (including phenoxy) is 1. The molecule has 17 heavy (non-hydrogen) atoms. The molecule has 0 radical (unpaired) electrons. The summed E-state index contributed by atoms with van der Waals surface area (Å²) in [6, 6.07) is 0.606. The second-order valence-electron chi connectivity index (χ2n) is 5.83. The van der Waals surface area contributed by atoms with E-state index in [1.807, 2.05) is 0 Å². The fourth-order valence-electron chi connectivity index (χ4n) is 3.50. The SMILES string of the molecule is CCCC(C)C(NCC)C1C(C)OC(C)C1C. The Hall–Kier alpha value is -0.0800. The lowest BCUT2D eigenvalue weighted by Gasteiger charge is -2.34. The lowest BCUT2D eigenvalue weighted by molar-refractivity contribution is 0.0447. The van der Waals surface area contributed by atoms with Crippen molar-refractivity contribution in [1.82, 2.24) is 5.32 Å². The lowest BCUT2D eigenvalue weighted by Crippen LogP contribution is -2.46. The highest BCUT2D eigenvalue weighted by molar-refractivity contribution is 4.93. The molecule has 1 aliphatic rings. The Bertz CT molecular complexity index is 219. The number of rotatable bonds is 6. The number of nitrogens with one attached hydrogen (secondary N) is 1. The van der Waals surface area contributed by atoms with Gasteiger partial charge in [-0.2, -0.15) is 0 Å². The Morgan fingerprint density at radius 1 is 1.12 bits per heavy atom. The molecular formula is C15H31NO. The molecule has 0 aromatic rings. The Morgan fingerprint density at radius 3 is 2.18 bits per heavy atom. The number of hydrogen-bond donors (Lipinski definition) is 1. The maximum atomic E-state index is 6.00. The molecule has 6 atom stereocenters. The third kappa shape index (κ3) is 3.45. The van der Waals surface area contributed by atoms with Gasteiger partial charge in [-0.25, -0.2) is 0 Å². The van der Waals surface area contributed by atoms with Crippen LogP contribution in [-0.2, 0) is 4.74 Å². The van der Waals surface area contributed by atoms with Crippen LogP contribution in [0.5, 0.6) is 0 Å². The molecule has 0 spiro atoms. The summed E-state index contributed by atoms with van der Waals surface area (Å²) < 4.78 is 6.00. The van der Waals surface area contributed by atoms with Crippen molar-refractivity contribution in [2.24, 2.45) is 17.8 Å². The van der Waals surface area contributed by atoms with Crippen LogP contribution in [0.3, 0.4) is 0 Å². The van der Waals surface area contributed by atoms with Gasteiger partial charge in [0.15, 0.2) is 0 Å². The lowest BCUT2D eigenvalue weighted by atomic mass is 9.77. The Morgan fingerprint density at radius 2 is 1.76 bits per heavy atom. The van der Waals surface area contributed by atoms with Crippen molar-refractivity contribution in [1.29, 1.82) is 0 Å². The fourth-order valence-corrected chi connectivity index (χ4v) is 3.50. The average molecular weight is 241 g/mol. The predicted molar refractivity (Wildman–Crippen MR) is 74.2 cm³/mol. The van der Waals surface area contributed by atoms with E-state index in [1.54, 1.807) is 0 Å². The zero-order valence-corrected chi connectivity index (χ0v) is 12.5. The highest BCUT2D eigenvalue weighted by atomic mass is 16.5. The van der Waals surface area contributed by atoms with E-state index < -0.39 is 0 Å². The van der Waals surface area contributed by atoms with E-state index in [-0.39, 0.29) is 0 Å². The van der Waals surface area contributed by atoms with Gasteiger partial charge < -0.3 is 10.1 Å². The molecule has 1 rings (SSSR count). The molecule has 0 amide bonds. The minimum atomic E-state index is 0.392. The maximum absolute atomic E-state index is 6.00. The van der Waals surface area contributed by atoms with E-state index in [9.17, 15) is 0 Å². The van der Waals surface area contributed by atoms with E-state index in [4.69, 9.17) is 4.74 Å². The van der Waals surface area contributed by atoms with Crippen molar-refractivity contribution in [2.45, 2.75) is 72.6 Å². The van der Waals surface area contributed by atoms with Crippen LogP contribution < -0.4 is 5.32 Å². The second kappa shape index (κ2) is 6.75. The molecule has 1 saturated heterocycles. The molecule has 1 N–H and O–H groups in total. The molecule has 0 bridgehead atoms. The van der Waals surface area contributed by atoms with Gasteiger partial charge in [0.25, 0.3) is 0 Å². The van der Waals surface area contributed by atoms with Gasteiger partial charge in [0.2, 0.25) is 0 Å². The first-order valence-electron chi connectivity index (χ1n) is 7.41. The quantitative estimate of drug-likeness (QED) is 0.769. The molecule has 0 aliphatic carbocycles. The van der Waals surface area contributed by atoms with Crippen molar-refractivity contribution >= 4 is 0 Å². The molecule has 0 saturated carbocycles. The van der Waals surface area contributed by atoms with Crippen LogP contribution in [0.15, 0.2) is 0 Å². The first kappa shape index (κ1) is 15.0.